The summed E-state index contributed by atoms with van der Waals surface area (Å²) in [5.41, 5.74) is 1.22. The van der Waals surface area contributed by atoms with Crippen LogP contribution in [0, 0.1) is 0 Å². The van der Waals surface area contributed by atoms with Crippen molar-refractivity contribution in [3.63, 3.8) is 0 Å². The summed E-state index contributed by atoms with van der Waals surface area (Å²) in [6, 6.07) is 1.68. The van der Waals surface area contributed by atoms with Crippen LogP contribution in [0.3, 0.4) is 0 Å². The number of aromatic nitrogens is 1. The van der Waals surface area contributed by atoms with Crippen molar-refractivity contribution in [3.05, 3.63) is 29.0 Å². The fourth-order valence-corrected chi connectivity index (χ4v) is 0.841. The maximum absolute atomic E-state index is 8.40. The Balaban J connectivity index is 3.06. The summed E-state index contributed by atoms with van der Waals surface area (Å²) in [6.07, 6.45) is 3.11. The van der Waals surface area contributed by atoms with Gasteiger partial charge in [0.25, 0.3) is 0 Å². The standard InChI is InChI=1S/C7H7ClN2O/c1-5(10-11)6-2-7(8)4-9-3-6/h2-4,11H,1H3/b10-5+. The van der Waals surface area contributed by atoms with Gasteiger partial charge in [-0.3, -0.25) is 4.98 Å². The highest BCUT2D eigenvalue weighted by atomic mass is 35.5. The molecule has 0 radical (unpaired) electrons. The van der Waals surface area contributed by atoms with Crippen molar-refractivity contribution < 1.29 is 5.21 Å². The number of nitrogens with zero attached hydrogens (tertiary/aromatic N) is 2. The van der Waals surface area contributed by atoms with E-state index in [-0.39, 0.29) is 0 Å². The molecule has 0 aromatic carbocycles. The second kappa shape index (κ2) is 3.34. The lowest BCUT2D eigenvalue weighted by Gasteiger charge is -1.96. The zero-order valence-electron chi connectivity index (χ0n) is 5.95. The fourth-order valence-electron chi connectivity index (χ4n) is 0.667. The highest BCUT2D eigenvalue weighted by Gasteiger charge is 1.97. The van der Waals surface area contributed by atoms with E-state index in [9.17, 15) is 0 Å². The first-order valence-corrected chi connectivity index (χ1v) is 3.41. The van der Waals surface area contributed by atoms with Gasteiger partial charge in [-0.2, -0.15) is 0 Å². The molecule has 58 valence electrons. The molecule has 0 saturated heterocycles. The number of rotatable bonds is 1. The van der Waals surface area contributed by atoms with Crippen molar-refractivity contribution in [2.24, 2.45) is 5.16 Å². The number of hydrogen-bond acceptors (Lipinski definition) is 3. The Morgan fingerprint density at radius 3 is 2.91 bits per heavy atom. The van der Waals surface area contributed by atoms with E-state index in [1.807, 2.05) is 0 Å². The molecule has 0 fully saturated rings. The second-order valence-electron chi connectivity index (χ2n) is 2.08. The molecule has 11 heavy (non-hydrogen) atoms. The Labute approximate surface area is 69.3 Å². The van der Waals surface area contributed by atoms with Crippen molar-refractivity contribution in [1.29, 1.82) is 0 Å². The minimum Gasteiger partial charge on any atom is -0.411 e. The second-order valence-corrected chi connectivity index (χ2v) is 2.51. The van der Waals surface area contributed by atoms with Crippen LogP contribution < -0.4 is 0 Å². The molecule has 1 N–H and O–H groups in total. The minimum atomic E-state index is 0.500. The van der Waals surface area contributed by atoms with Gasteiger partial charge in [0.05, 0.1) is 10.7 Å². The first-order valence-electron chi connectivity index (χ1n) is 3.03. The predicted octanol–water partition coefficient (Wildman–Crippen LogP) is 1.93. The van der Waals surface area contributed by atoms with E-state index in [0.717, 1.165) is 5.56 Å². The molecule has 1 aromatic heterocycles. The van der Waals surface area contributed by atoms with Gasteiger partial charge in [0.15, 0.2) is 0 Å². The van der Waals surface area contributed by atoms with Crippen LogP contribution in [0.15, 0.2) is 23.6 Å². The largest absolute Gasteiger partial charge is 0.411 e. The molecule has 0 aliphatic heterocycles. The van der Waals surface area contributed by atoms with Crippen molar-refractivity contribution in [2.45, 2.75) is 6.92 Å². The van der Waals surface area contributed by atoms with Crippen molar-refractivity contribution >= 4 is 17.3 Å². The summed E-state index contributed by atoms with van der Waals surface area (Å²) < 4.78 is 0. The van der Waals surface area contributed by atoms with Crippen LogP contribution in [-0.4, -0.2) is 15.9 Å². The molecule has 0 saturated carbocycles. The molecule has 0 spiro atoms. The van der Waals surface area contributed by atoms with Gasteiger partial charge in [0.2, 0.25) is 0 Å². The molecular formula is C7H7ClN2O. The van der Waals surface area contributed by atoms with Crippen LogP contribution in [0.2, 0.25) is 5.02 Å². The van der Waals surface area contributed by atoms with Gasteiger partial charge in [0.1, 0.15) is 0 Å². The molecular weight excluding hydrogens is 164 g/mol. The Kier molecular flexibility index (Phi) is 2.44. The molecule has 0 unspecified atom stereocenters. The first kappa shape index (κ1) is 8.01. The minimum absolute atomic E-state index is 0.500. The SMILES string of the molecule is C/C(=N\O)c1cncc(Cl)c1. The molecule has 1 heterocycles. The van der Waals surface area contributed by atoms with Gasteiger partial charge in [-0.25, -0.2) is 0 Å². The van der Waals surface area contributed by atoms with Crippen LogP contribution in [0.4, 0.5) is 0 Å². The van der Waals surface area contributed by atoms with Crippen LogP contribution in [0.5, 0.6) is 0 Å². The zero-order chi connectivity index (χ0) is 8.27. The van der Waals surface area contributed by atoms with Crippen molar-refractivity contribution in [3.8, 4) is 0 Å². The topological polar surface area (TPSA) is 45.5 Å². The predicted molar refractivity (Wildman–Crippen MR) is 43.2 cm³/mol. The summed E-state index contributed by atoms with van der Waals surface area (Å²) in [7, 11) is 0. The third kappa shape index (κ3) is 1.91. The van der Waals surface area contributed by atoms with E-state index in [4.69, 9.17) is 16.8 Å². The van der Waals surface area contributed by atoms with Crippen LogP contribution >= 0.6 is 11.6 Å². The molecule has 0 amide bonds. The molecule has 0 aliphatic carbocycles. The summed E-state index contributed by atoms with van der Waals surface area (Å²) in [6.45, 7) is 1.67. The zero-order valence-corrected chi connectivity index (χ0v) is 6.71. The average Bonchev–Trinajstić information content (AvgIpc) is 2.03. The Morgan fingerprint density at radius 2 is 2.36 bits per heavy atom. The highest BCUT2D eigenvalue weighted by Crippen LogP contribution is 2.08. The molecule has 0 bridgehead atoms. The third-order valence-corrected chi connectivity index (χ3v) is 1.48. The molecule has 1 rings (SSSR count). The number of oxime groups is 1. The van der Waals surface area contributed by atoms with E-state index in [1.165, 1.54) is 6.20 Å². The maximum Gasteiger partial charge on any atom is 0.0852 e. The number of halogens is 1. The van der Waals surface area contributed by atoms with Crippen molar-refractivity contribution in [1.82, 2.24) is 4.98 Å². The molecule has 4 heteroatoms. The lowest BCUT2D eigenvalue weighted by atomic mass is 10.2. The molecule has 3 nitrogen and oxygen atoms in total. The van der Waals surface area contributed by atoms with Gasteiger partial charge in [0, 0.05) is 18.0 Å². The van der Waals surface area contributed by atoms with E-state index in [1.54, 1.807) is 19.2 Å². The third-order valence-electron chi connectivity index (χ3n) is 1.27. The van der Waals surface area contributed by atoms with Crippen molar-refractivity contribution in [2.75, 3.05) is 0 Å². The van der Waals surface area contributed by atoms with Gasteiger partial charge in [-0.05, 0) is 13.0 Å². The first-order chi connectivity index (χ1) is 5.24. The van der Waals surface area contributed by atoms with E-state index < -0.39 is 0 Å². The van der Waals surface area contributed by atoms with Gasteiger partial charge >= 0.3 is 0 Å². The van der Waals surface area contributed by atoms with Gasteiger partial charge in [-0.15, -0.1) is 0 Å². The highest BCUT2D eigenvalue weighted by molar-refractivity contribution is 6.30. The summed E-state index contributed by atoms with van der Waals surface area (Å²) in [5.74, 6) is 0. The fraction of sp³-hybridized carbons (Fsp3) is 0.143. The molecule has 1 aromatic rings. The van der Waals surface area contributed by atoms with Gasteiger partial charge in [-0.1, -0.05) is 16.8 Å². The van der Waals surface area contributed by atoms with Gasteiger partial charge < -0.3 is 5.21 Å². The van der Waals surface area contributed by atoms with Crippen LogP contribution in [0.25, 0.3) is 0 Å². The summed E-state index contributed by atoms with van der Waals surface area (Å²) >= 11 is 5.65. The van der Waals surface area contributed by atoms with Crippen LogP contribution in [-0.2, 0) is 0 Å². The monoisotopic (exact) mass is 170 g/mol. The average molecular weight is 171 g/mol. The van der Waals surface area contributed by atoms with Crippen LogP contribution in [0.1, 0.15) is 12.5 Å². The number of pyridine rings is 1. The molecule has 0 atom stereocenters. The van der Waals surface area contributed by atoms with E-state index in [0.29, 0.717) is 10.7 Å². The maximum atomic E-state index is 8.40. The molecule has 0 aliphatic rings. The Hall–Kier alpha value is -1.09. The van der Waals surface area contributed by atoms with E-state index >= 15 is 0 Å². The Morgan fingerprint density at radius 1 is 1.64 bits per heavy atom. The lowest BCUT2D eigenvalue weighted by molar-refractivity contribution is 0.319. The Bertz CT molecular complexity index is 286. The lowest BCUT2D eigenvalue weighted by Crippen LogP contribution is -1.94. The quantitative estimate of drug-likeness (QED) is 0.398. The summed E-state index contributed by atoms with van der Waals surface area (Å²) in [4.78, 5) is 3.83. The smallest absolute Gasteiger partial charge is 0.0852 e. The number of hydrogen-bond donors (Lipinski definition) is 1. The van der Waals surface area contributed by atoms with E-state index in [2.05, 4.69) is 10.1 Å². The normalized spacial score (nSPS) is 11.6. The summed E-state index contributed by atoms with van der Waals surface area (Å²) in [5, 5.41) is 11.9.